The molecule has 3 heteroatoms. The van der Waals surface area contributed by atoms with E-state index in [1.54, 1.807) is 14.2 Å². The van der Waals surface area contributed by atoms with Crippen molar-refractivity contribution in [2.75, 3.05) is 40.5 Å². The van der Waals surface area contributed by atoms with E-state index in [4.69, 9.17) is 9.47 Å². The lowest BCUT2D eigenvalue weighted by atomic mass is 9.97. The molecule has 0 aromatic heterocycles. The highest BCUT2D eigenvalue weighted by Gasteiger charge is 2.10. The Kier molecular flexibility index (Phi) is 8.40. The molecule has 0 aromatic carbocycles. The molecule has 0 radical (unpaired) electrons. The summed E-state index contributed by atoms with van der Waals surface area (Å²) >= 11 is 0. The van der Waals surface area contributed by atoms with Gasteiger partial charge in [-0.3, -0.25) is 0 Å². The Morgan fingerprint density at radius 2 is 1.77 bits per heavy atom. The monoisotopic (exact) mass is 189 g/mol. The molecule has 0 fully saturated rings. The van der Waals surface area contributed by atoms with Crippen LogP contribution in [0.2, 0.25) is 0 Å². The zero-order valence-electron chi connectivity index (χ0n) is 9.30. The third-order valence-electron chi connectivity index (χ3n) is 2.35. The first-order valence-electron chi connectivity index (χ1n) is 4.91. The van der Waals surface area contributed by atoms with Gasteiger partial charge in [0.2, 0.25) is 0 Å². The summed E-state index contributed by atoms with van der Waals surface area (Å²) in [6.45, 7) is 8.04. The summed E-state index contributed by atoms with van der Waals surface area (Å²) in [6.07, 6.45) is 0. The van der Waals surface area contributed by atoms with Gasteiger partial charge >= 0.3 is 0 Å². The molecule has 0 aliphatic rings. The topological polar surface area (TPSA) is 30.5 Å². The second-order valence-electron chi connectivity index (χ2n) is 3.61. The number of methoxy groups -OCH3 is 2. The molecule has 0 saturated heterocycles. The minimum atomic E-state index is 0.611. The maximum Gasteiger partial charge on any atom is 0.0587 e. The van der Waals surface area contributed by atoms with Crippen molar-refractivity contribution in [2.45, 2.75) is 13.8 Å². The predicted molar refractivity (Wildman–Crippen MR) is 54.9 cm³/mol. The minimum absolute atomic E-state index is 0.611. The van der Waals surface area contributed by atoms with Crippen molar-refractivity contribution in [3.05, 3.63) is 0 Å². The first kappa shape index (κ1) is 12.9. The van der Waals surface area contributed by atoms with E-state index in [0.29, 0.717) is 11.8 Å². The van der Waals surface area contributed by atoms with E-state index >= 15 is 0 Å². The van der Waals surface area contributed by atoms with Crippen molar-refractivity contribution in [1.82, 2.24) is 5.32 Å². The molecule has 2 unspecified atom stereocenters. The second kappa shape index (κ2) is 8.48. The summed E-state index contributed by atoms with van der Waals surface area (Å²) in [6, 6.07) is 0. The van der Waals surface area contributed by atoms with Crippen molar-refractivity contribution in [2.24, 2.45) is 11.8 Å². The van der Waals surface area contributed by atoms with Crippen LogP contribution in [-0.2, 0) is 9.47 Å². The maximum absolute atomic E-state index is 5.10. The zero-order valence-corrected chi connectivity index (χ0v) is 9.30. The number of rotatable bonds is 8. The molecule has 0 saturated carbocycles. The molecule has 0 aromatic rings. The van der Waals surface area contributed by atoms with Gasteiger partial charge in [0.1, 0.15) is 0 Å². The van der Waals surface area contributed by atoms with Crippen LogP contribution in [0.4, 0.5) is 0 Å². The summed E-state index contributed by atoms with van der Waals surface area (Å²) < 4.78 is 10.0. The van der Waals surface area contributed by atoms with Crippen molar-refractivity contribution in [3.63, 3.8) is 0 Å². The van der Waals surface area contributed by atoms with Crippen molar-refractivity contribution in [3.8, 4) is 0 Å². The highest BCUT2D eigenvalue weighted by molar-refractivity contribution is 4.63. The van der Waals surface area contributed by atoms with E-state index in [1.165, 1.54) is 0 Å². The van der Waals surface area contributed by atoms with E-state index in [2.05, 4.69) is 19.2 Å². The fraction of sp³-hybridized carbons (Fsp3) is 1.00. The van der Waals surface area contributed by atoms with Gasteiger partial charge in [0.15, 0.2) is 0 Å². The fourth-order valence-corrected chi connectivity index (χ4v) is 1.13. The quantitative estimate of drug-likeness (QED) is 0.581. The molecule has 0 heterocycles. The SMILES string of the molecule is COCCNCC(C)C(C)COC. The lowest BCUT2D eigenvalue weighted by Gasteiger charge is -2.19. The molecule has 0 rings (SSSR count). The normalized spacial score (nSPS) is 15.7. The Hall–Kier alpha value is -0.120. The Bertz CT molecular complexity index is 109. The highest BCUT2D eigenvalue weighted by atomic mass is 16.5. The van der Waals surface area contributed by atoms with Crippen LogP contribution in [0.5, 0.6) is 0 Å². The standard InChI is InChI=1S/C10H23NO2/c1-9(10(2)8-13-4)7-11-5-6-12-3/h9-11H,5-8H2,1-4H3. The van der Waals surface area contributed by atoms with E-state index in [0.717, 1.165) is 26.3 Å². The van der Waals surface area contributed by atoms with Crippen molar-refractivity contribution >= 4 is 0 Å². The van der Waals surface area contributed by atoms with Crippen molar-refractivity contribution < 1.29 is 9.47 Å². The van der Waals surface area contributed by atoms with Gasteiger partial charge in [-0.25, -0.2) is 0 Å². The number of hydrogen-bond acceptors (Lipinski definition) is 3. The molecule has 1 N–H and O–H groups in total. The molecular formula is C10H23NO2. The molecule has 0 spiro atoms. The molecule has 0 amide bonds. The number of nitrogens with one attached hydrogen (secondary N) is 1. The van der Waals surface area contributed by atoms with Crippen LogP contribution in [0.15, 0.2) is 0 Å². The molecule has 3 nitrogen and oxygen atoms in total. The lowest BCUT2D eigenvalue weighted by Crippen LogP contribution is -2.29. The van der Waals surface area contributed by atoms with Crippen LogP contribution in [0.1, 0.15) is 13.8 Å². The summed E-state index contributed by atoms with van der Waals surface area (Å²) in [4.78, 5) is 0. The van der Waals surface area contributed by atoms with Gasteiger partial charge in [-0.1, -0.05) is 13.8 Å². The van der Waals surface area contributed by atoms with Gasteiger partial charge in [0.25, 0.3) is 0 Å². The summed E-state index contributed by atoms with van der Waals surface area (Å²) in [5.41, 5.74) is 0. The average molecular weight is 189 g/mol. The van der Waals surface area contributed by atoms with Gasteiger partial charge in [0.05, 0.1) is 6.61 Å². The summed E-state index contributed by atoms with van der Waals surface area (Å²) in [5, 5.41) is 3.34. The smallest absolute Gasteiger partial charge is 0.0587 e. The third-order valence-corrected chi connectivity index (χ3v) is 2.35. The van der Waals surface area contributed by atoms with Gasteiger partial charge < -0.3 is 14.8 Å². The van der Waals surface area contributed by atoms with Crippen LogP contribution in [0.3, 0.4) is 0 Å². The number of hydrogen-bond donors (Lipinski definition) is 1. The third kappa shape index (κ3) is 6.99. The second-order valence-corrected chi connectivity index (χ2v) is 3.61. The van der Waals surface area contributed by atoms with E-state index in [-0.39, 0.29) is 0 Å². The Balaban J connectivity index is 3.32. The van der Waals surface area contributed by atoms with Crippen LogP contribution in [-0.4, -0.2) is 40.5 Å². The molecule has 0 aliphatic heterocycles. The highest BCUT2D eigenvalue weighted by Crippen LogP contribution is 2.09. The molecule has 80 valence electrons. The van der Waals surface area contributed by atoms with Gasteiger partial charge in [-0.15, -0.1) is 0 Å². The largest absolute Gasteiger partial charge is 0.384 e. The minimum Gasteiger partial charge on any atom is -0.384 e. The van der Waals surface area contributed by atoms with Gasteiger partial charge in [-0.05, 0) is 18.4 Å². The zero-order chi connectivity index (χ0) is 10.1. The molecule has 0 aliphatic carbocycles. The summed E-state index contributed by atoms with van der Waals surface area (Å²) in [7, 11) is 3.47. The van der Waals surface area contributed by atoms with Gasteiger partial charge in [-0.2, -0.15) is 0 Å². The van der Waals surface area contributed by atoms with Crippen LogP contribution in [0.25, 0.3) is 0 Å². The fourth-order valence-electron chi connectivity index (χ4n) is 1.13. The van der Waals surface area contributed by atoms with Crippen LogP contribution in [0, 0.1) is 11.8 Å². The Morgan fingerprint density at radius 3 is 2.31 bits per heavy atom. The molecule has 13 heavy (non-hydrogen) atoms. The lowest BCUT2D eigenvalue weighted by molar-refractivity contribution is 0.132. The maximum atomic E-state index is 5.10. The van der Waals surface area contributed by atoms with Crippen molar-refractivity contribution in [1.29, 1.82) is 0 Å². The molecule has 2 atom stereocenters. The van der Waals surface area contributed by atoms with Crippen LogP contribution < -0.4 is 5.32 Å². The van der Waals surface area contributed by atoms with Gasteiger partial charge in [0, 0.05) is 27.4 Å². The van der Waals surface area contributed by atoms with E-state index < -0.39 is 0 Å². The predicted octanol–water partition coefficient (Wildman–Crippen LogP) is 1.14. The molecular weight excluding hydrogens is 166 g/mol. The van der Waals surface area contributed by atoms with E-state index in [1.807, 2.05) is 0 Å². The first-order valence-corrected chi connectivity index (χ1v) is 4.91. The van der Waals surface area contributed by atoms with E-state index in [9.17, 15) is 0 Å². The summed E-state index contributed by atoms with van der Waals surface area (Å²) in [5.74, 6) is 1.26. The Morgan fingerprint density at radius 1 is 1.08 bits per heavy atom. The number of ether oxygens (including phenoxy) is 2. The molecule has 0 bridgehead atoms. The first-order chi connectivity index (χ1) is 6.22. The van der Waals surface area contributed by atoms with Crippen LogP contribution >= 0.6 is 0 Å². The average Bonchev–Trinajstić information content (AvgIpc) is 2.12. The Labute approximate surface area is 81.8 Å².